The molecule has 9 heteroatoms. The Hall–Kier alpha value is -2.36. The predicted molar refractivity (Wildman–Crippen MR) is 124 cm³/mol. The molecule has 5 rings (SSSR count). The molecule has 8 nitrogen and oxygen atoms in total. The maximum Gasteiger partial charge on any atom is 0.168 e. The summed E-state index contributed by atoms with van der Waals surface area (Å²) in [6.07, 6.45) is 5.55. The summed E-state index contributed by atoms with van der Waals surface area (Å²) in [5, 5.41) is 9.27. The summed E-state index contributed by atoms with van der Waals surface area (Å²) in [7, 11) is 3.31. The summed E-state index contributed by atoms with van der Waals surface area (Å²) in [6, 6.07) is 8.13. The molecule has 1 N–H and O–H groups in total. The molecule has 1 spiro atoms. The quantitative estimate of drug-likeness (QED) is 0.523. The minimum atomic E-state index is -0.373. The summed E-state index contributed by atoms with van der Waals surface area (Å²) >= 11 is 3.67. The number of fused-ring (bicyclic) bond motifs is 1. The van der Waals surface area contributed by atoms with Crippen molar-refractivity contribution in [3.8, 4) is 11.5 Å². The second-order valence-electron chi connectivity index (χ2n) is 8.16. The van der Waals surface area contributed by atoms with Gasteiger partial charge < -0.3 is 24.3 Å². The van der Waals surface area contributed by atoms with Crippen molar-refractivity contribution in [1.82, 2.24) is 14.8 Å². The van der Waals surface area contributed by atoms with Crippen molar-refractivity contribution in [3.05, 3.63) is 40.6 Å². The molecule has 0 bridgehead atoms. The number of aromatic nitrogens is 3. The van der Waals surface area contributed by atoms with Gasteiger partial charge in [0, 0.05) is 37.2 Å². The smallest absolute Gasteiger partial charge is 0.168 e. The maximum absolute atomic E-state index is 5.89. The Bertz CT molecular complexity index is 1100. The van der Waals surface area contributed by atoms with Crippen molar-refractivity contribution in [2.75, 3.05) is 32.8 Å². The van der Waals surface area contributed by atoms with Gasteiger partial charge in [-0.3, -0.25) is 4.68 Å². The van der Waals surface area contributed by atoms with Gasteiger partial charge in [0.2, 0.25) is 0 Å². The van der Waals surface area contributed by atoms with Gasteiger partial charge in [0.15, 0.2) is 5.79 Å². The van der Waals surface area contributed by atoms with Crippen LogP contribution in [0.3, 0.4) is 0 Å². The SMILES string of the molecule is COc1ccc(CNc2nccc3c2c(Br)nn3C2CCC3(CC2)OCCO3)c(OC)c1. The molecule has 1 aromatic carbocycles. The molecule has 2 aliphatic rings. The molecule has 0 radical (unpaired) electrons. The first-order chi connectivity index (χ1) is 15.6. The van der Waals surface area contributed by atoms with Crippen LogP contribution in [-0.4, -0.2) is 48.0 Å². The fourth-order valence-electron chi connectivity index (χ4n) is 4.71. The fourth-order valence-corrected chi connectivity index (χ4v) is 5.27. The highest BCUT2D eigenvalue weighted by molar-refractivity contribution is 9.10. The molecule has 170 valence electrons. The van der Waals surface area contributed by atoms with E-state index < -0.39 is 0 Å². The summed E-state index contributed by atoms with van der Waals surface area (Å²) in [4.78, 5) is 4.59. The first kappa shape index (κ1) is 21.5. The molecular weight excluding hydrogens is 476 g/mol. The molecule has 1 aliphatic heterocycles. The van der Waals surface area contributed by atoms with E-state index in [0.717, 1.165) is 64.1 Å². The molecule has 1 aliphatic carbocycles. The molecule has 2 fully saturated rings. The van der Waals surface area contributed by atoms with Crippen molar-refractivity contribution in [2.24, 2.45) is 0 Å². The van der Waals surface area contributed by atoms with E-state index in [-0.39, 0.29) is 5.79 Å². The van der Waals surface area contributed by atoms with Gasteiger partial charge >= 0.3 is 0 Å². The summed E-state index contributed by atoms with van der Waals surface area (Å²) in [5.74, 6) is 1.94. The van der Waals surface area contributed by atoms with Gasteiger partial charge in [-0.2, -0.15) is 5.10 Å². The van der Waals surface area contributed by atoms with Gasteiger partial charge in [-0.05, 0) is 47.0 Å². The van der Waals surface area contributed by atoms with Crippen LogP contribution in [0, 0.1) is 0 Å². The highest BCUT2D eigenvalue weighted by Crippen LogP contribution is 2.42. The average Bonchev–Trinajstić information content (AvgIpc) is 3.43. The van der Waals surface area contributed by atoms with E-state index >= 15 is 0 Å². The maximum atomic E-state index is 5.89. The monoisotopic (exact) mass is 502 g/mol. The van der Waals surface area contributed by atoms with Crippen molar-refractivity contribution in [2.45, 2.75) is 44.1 Å². The molecule has 0 unspecified atom stereocenters. The lowest BCUT2D eigenvalue weighted by Gasteiger charge is -2.35. The van der Waals surface area contributed by atoms with E-state index in [9.17, 15) is 0 Å². The van der Waals surface area contributed by atoms with Gasteiger partial charge in [-0.15, -0.1) is 0 Å². The number of pyridine rings is 1. The van der Waals surface area contributed by atoms with Gasteiger partial charge in [0.25, 0.3) is 0 Å². The molecular formula is C23H27BrN4O4. The number of ether oxygens (including phenoxy) is 4. The third-order valence-electron chi connectivity index (χ3n) is 6.39. The molecule has 1 saturated carbocycles. The highest BCUT2D eigenvalue weighted by atomic mass is 79.9. The topological polar surface area (TPSA) is 79.7 Å². The minimum Gasteiger partial charge on any atom is -0.497 e. The van der Waals surface area contributed by atoms with Crippen LogP contribution in [0.4, 0.5) is 5.82 Å². The molecule has 32 heavy (non-hydrogen) atoms. The summed E-state index contributed by atoms with van der Waals surface area (Å²) in [6.45, 7) is 1.96. The van der Waals surface area contributed by atoms with Gasteiger partial charge in [-0.1, -0.05) is 0 Å². The number of hydrogen-bond donors (Lipinski definition) is 1. The Kier molecular flexibility index (Phi) is 5.96. The lowest BCUT2D eigenvalue weighted by Crippen LogP contribution is -2.36. The van der Waals surface area contributed by atoms with Crippen molar-refractivity contribution in [3.63, 3.8) is 0 Å². The van der Waals surface area contributed by atoms with Gasteiger partial charge in [-0.25, -0.2) is 4.98 Å². The van der Waals surface area contributed by atoms with Crippen LogP contribution < -0.4 is 14.8 Å². The molecule has 2 aromatic heterocycles. The van der Waals surface area contributed by atoms with Gasteiger partial charge in [0.05, 0.1) is 44.4 Å². The van der Waals surface area contributed by atoms with Crippen LogP contribution in [0.25, 0.3) is 10.9 Å². The molecule has 0 atom stereocenters. The number of methoxy groups -OCH3 is 2. The zero-order valence-corrected chi connectivity index (χ0v) is 19.9. The Labute approximate surface area is 195 Å². The number of nitrogens with one attached hydrogen (secondary N) is 1. The Morgan fingerprint density at radius 1 is 1.16 bits per heavy atom. The van der Waals surface area contributed by atoms with Crippen LogP contribution in [0.15, 0.2) is 35.1 Å². The number of nitrogens with zero attached hydrogens (tertiary/aromatic N) is 3. The first-order valence-corrected chi connectivity index (χ1v) is 11.7. The third kappa shape index (κ3) is 3.93. The van der Waals surface area contributed by atoms with Crippen LogP contribution in [-0.2, 0) is 16.0 Å². The van der Waals surface area contributed by atoms with Crippen molar-refractivity contribution in [1.29, 1.82) is 0 Å². The second-order valence-corrected chi connectivity index (χ2v) is 8.91. The molecule has 1 saturated heterocycles. The minimum absolute atomic E-state index is 0.305. The Balaban J connectivity index is 1.37. The third-order valence-corrected chi connectivity index (χ3v) is 6.95. The van der Waals surface area contributed by atoms with Crippen LogP contribution in [0.5, 0.6) is 11.5 Å². The zero-order valence-electron chi connectivity index (χ0n) is 18.3. The Morgan fingerprint density at radius 3 is 2.66 bits per heavy atom. The largest absolute Gasteiger partial charge is 0.497 e. The predicted octanol–water partition coefficient (Wildman–Crippen LogP) is 4.68. The second kappa shape index (κ2) is 8.88. The van der Waals surface area contributed by atoms with Crippen LogP contribution in [0.2, 0.25) is 0 Å². The van der Waals surface area contributed by atoms with E-state index in [2.05, 4.69) is 30.9 Å². The normalized spacial score (nSPS) is 18.3. The number of halogens is 1. The summed E-state index contributed by atoms with van der Waals surface area (Å²) < 4.78 is 25.5. The number of benzene rings is 1. The van der Waals surface area contributed by atoms with E-state index in [0.29, 0.717) is 25.8 Å². The molecule has 0 amide bonds. The Morgan fingerprint density at radius 2 is 1.94 bits per heavy atom. The van der Waals surface area contributed by atoms with Crippen molar-refractivity contribution < 1.29 is 18.9 Å². The van der Waals surface area contributed by atoms with Crippen LogP contribution >= 0.6 is 15.9 Å². The van der Waals surface area contributed by atoms with E-state index in [1.54, 1.807) is 14.2 Å². The molecule has 3 heterocycles. The van der Waals surface area contributed by atoms with E-state index in [4.69, 9.17) is 24.0 Å². The van der Waals surface area contributed by atoms with Crippen LogP contribution in [0.1, 0.15) is 37.3 Å². The van der Waals surface area contributed by atoms with E-state index in [1.165, 1.54) is 0 Å². The summed E-state index contributed by atoms with van der Waals surface area (Å²) in [5.41, 5.74) is 2.08. The lowest BCUT2D eigenvalue weighted by molar-refractivity contribution is -0.181. The first-order valence-electron chi connectivity index (χ1n) is 10.9. The lowest BCUT2D eigenvalue weighted by atomic mass is 9.90. The highest BCUT2D eigenvalue weighted by Gasteiger charge is 2.41. The number of hydrogen-bond acceptors (Lipinski definition) is 7. The zero-order chi connectivity index (χ0) is 22.1. The standard InChI is InChI=1S/C23H27BrN4O4/c1-29-17-4-3-15(19(13-17)30-2)14-26-22-20-18(7-10-25-22)28(27-21(20)24)16-5-8-23(9-6-16)31-11-12-32-23/h3-4,7,10,13,16H,5-6,8-9,11-12,14H2,1-2H3,(H,25,26). The molecule has 3 aromatic rings. The number of anilines is 1. The fraction of sp³-hybridized carbons (Fsp3) is 0.478. The van der Waals surface area contributed by atoms with Gasteiger partial charge in [0.1, 0.15) is 21.9 Å². The van der Waals surface area contributed by atoms with Crippen molar-refractivity contribution >= 4 is 32.7 Å². The average molecular weight is 503 g/mol. The number of rotatable bonds is 6. The van der Waals surface area contributed by atoms with E-state index in [1.807, 2.05) is 30.5 Å².